The number of hydrazine groups is 1. The average Bonchev–Trinajstić information content (AvgIpc) is 2.76. The van der Waals surface area contributed by atoms with Gasteiger partial charge in [0.1, 0.15) is 25.2 Å². The third-order valence-electron chi connectivity index (χ3n) is 3.36. The molecule has 0 heterocycles. The number of rotatable bonds is 8. The van der Waals surface area contributed by atoms with Crippen LogP contribution in [0, 0.1) is 5.92 Å². The van der Waals surface area contributed by atoms with E-state index in [1.54, 1.807) is 13.8 Å². The molecule has 1 aromatic carbocycles. The van der Waals surface area contributed by atoms with Gasteiger partial charge in [-0.3, -0.25) is 14.4 Å². The summed E-state index contributed by atoms with van der Waals surface area (Å²) in [5, 5.41) is 34.8. The lowest BCUT2D eigenvalue weighted by atomic mass is 10.1. The zero-order chi connectivity index (χ0) is 29.7. The van der Waals surface area contributed by atoms with E-state index in [2.05, 4.69) is 22.8 Å². The van der Waals surface area contributed by atoms with E-state index in [1.165, 1.54) is 13.8 Å². The minimum atomic E-state index is -1.46. The number of benzene rings is 1. The van der Waals surface area contributed by atoms with Gasteiger partial charge < -0.3 is 36.2 Å². The van der Waals surface area contributed by atoms with Crippen molar-refractivity contribution in [2.24, 2.45) is 17.5 Å². The largest absolute Gasteiger partial charge is 0.480 e. The van der Waals surface area contributed by atoms with Crippen LogP contribution in [0.3, 0.4) is 0 Å². The molecule has 0 bridgehead atoms. The van der Waals surface area contributed by atoms with Crippen molar-refractivity contribution < 1.29 is 53.9 Å². The number of carboxylic acid groups (broad SMARTS) is 4. The Morgan fingerprint density at radius 3 is 1.68 bits per heavy atom. The summed E-state index contributed by atoms with van der Waals surface area (Å²) in [5.41, 5.74) is 5.69. The maximum absolute atomic E-state index is 11.4. The molecule has 2 atom stereocenters. The van der Waals surface area contributed by atoms with E-state index in [-0.39, 0.29) is 22.8 Å². The fraction of sp³-hybridized carbons (Fsp3) is 0.429. The molecule has 0 fully saturated rings. The van der Waals surface area contributed by atoms with Crippen LogP contribution in [0.5, 0.6) is 0 Å². The predicted octanol–water partition coefficient (Wildman–Crippen LogP) is 1.14. The van der Waals surface area contributed by atoms with Gasteiger partial charge in [-0.05, 0) is 30.0 Å². The first-order chi connectivity index (χ1) is 16.9. The van der Waals surface area contributed by atoms with Gasteiger partial charge in [-0.25, -0.2) is 25.2 Å². The van der Waals surface area contributed by atoms with Gasteiger partial charge >= 0.3 is 30.1 Å². The molecule has 37 heavy (non-hydrogen) atoms. The van der Waals surface area contributed by atoms with Crippen LogP contribution < -0.4 is 16.9 Å². The summed E-state index contributed by atoms with van der Waals surface area (Å²) in [6, 6.07) is 7.52. The second kappa shape index (κ2) is 21.3. The van der Waals surface area contributed by atoms with Gasteiger partial charge in [0.2, 0.25) is 5.24 Å². The van der Waals surface area contributed by atoms with Gasteiger partial charge in [-0.2, -0.15) is 0 Å². The number of carbonyl (C=O) groups excluding carboxylic acids is 2. The highest BCUT2D eigenvalue weighted by Gasteiger charge is 2.23. The Morgan fingerprint density at radius 1 is 0.973 bits per heavy atom. The number of nitrogens with zero attached hydrogens (tertiary/aromatic N) is 1. The van der Waals surface area contributed by atoms with Gasteiger partial charge in [0.25, 0.3) is 0 Å². The lowest BCUT2D eigenvalue weighted by Crippen LogP contribution is -2.44. The van der Waals surface area contributed by atoms with E-state index < -0.39 is 48.7 Å². The van der Waals surface area contributed by atoms with E-state index in [9.17, 15) is 28.8 Å². The Kier molecular flexibility index (Phi) is 21.7. The number of amides is 2. The highest BCUT2D eigenvalue weighted by atomic mass is 35.5. The van der Waals surface area contributed by atoms with E-state index in [0.717, 1.165) is 5.56 Å². The topological polar surface area (TPSA) is 260 Å². The molecular formula is C21H33ClN4O11. The maximum Gasteiger partial charge on any atom is 0.422 e. The minimum absolute atomic E-state index is 0.122. The molecule has 0 unspecified atom stereocenters. The molecule has 1 rings (SSSR count). The molecule has 0 saturated heterocycles. The number of aliphatic carboxylic acids is 3. The molecule has 1 aromatic rings. The first-order valence-corrected chi connectivity index (χ1v) is 10.6. The molecule has 16 heteroatoms. The first-order valence-electron chi connectivity index (χ1n) is 10.2. The summed E-state index contributed by atoms with van der Waals surface area (Å²) < 4.78 is 4.95. The molecule has 0 aliphatic carbocycles. The van der Waals surface area contributed by atoms with Gasteiger partial charge in [-0.15, -0.1) is 0 Å². The van der Waals surface area contributed by atoms with E-state index in [0.29, 0.717) is 0 Å². The summed E-state index contributed by atoms with van der Waals surface area (Å²) >= 11 is 4.64. The number of nitrogens with two attached hydrogens (primary N) is 2. The molecule has 0 aliphatic rings. The van der Waals surface area contributed by atoms with E-state index in [4.69, 9.17) is 30.9 Å². The summed E-state index contributed by atoms with van der Waals surface area (Å²) in [5.74, 6) is 1.16. The first kappa shape index (κ1) is 37.6. The Hall–Kier alpha value is -3.95. The maximum atomic E-state index is 11.4. The second-order valence-corrected chi connectivity index (χ2v) is 7.70. The SMILES string of the molecule is CC(=O)Cl.CC(C)[C@H](NC(=O)OCc1ccccc1)C(=O)O.C[C@H](N)C(=O)O.NN(CC(=O)O)C(=O)O. The van der Waals surface area contributed by atoms with Crippen LogP contribution in [-0.4, -0.2) is 79.4 Å². The monoisotopic (exact) mass is 552 g/mol. The van der Waals surface area contributed by atoms with Crippen LogP contribution in [-0.2, 0) is 30.5 Å². The van der Waals surface area contributed by atoms with Crippen molar-refractivity contribution in [1.29, 1.82) is 0 Å². The molecule has 0 spiro atoms. The van der Waals surface area contributed by atoms with Crippen molar-refractivity contribution in [3.63, 3.8) is 0 Å². The summed E-state index contributed by atoms with van der Waals surface area (Å²) in [6.45, 7) is 5.57. The van der Waals surface area contributed by atoms with Crippen molar-refractivity contribution in [1.82, 2.24) is 10.3 Å². The quantitative estimate of drug-likeness (QED) is 0.103. The van der Waals surface area contributed by atoms with Gasteiger partial charge in [0.05, 0.1) is 0 Å². The number of hydrogen-bond donors (Lipinski definition) is 7. The predicted molar refractivity (Wildman–Crippen MR) is 130 cm³/mol. The highest BCUT2D eigenvalue weighted by Crippen LogP contribution is 2.04. The Balaban J connectivity index is -0.000000505. The lowest BCUT2D eigenvalue weighted by molar-refractivity contribution is -0.140. The summed E-state index contributed by atoms with van der Waals surface area (Å²) in [4.78, 5) is 60.6. The van der Waals surface area contributed by atoms with Crippen molar-refractivity contribution in [2.75, 3.05) is 6.54 Å². The normalized spacial score (nSPS) is 10.8. The number of carbonyl (C=O) groups is 6. The van der Waals surface area contributed by atoms with Crippen LogP contribution >= 0.6 is 11.6 Å². The molecule has 2 amide bonds. The van der Waals surface area contributed by atoms with Crippen LogP contribution in [0.2, 0.25) is 0 Å². The summed E-state index contributed by atoms with van der Waals surface area (Å²) in [7, 11) is 0. The van der Waals surface area contributed by atoms with Crippen LogP contribution in [0.1, 0.15) is 33.3 Å². The molecule has 15 nitrogen and oxygen atoms in total. The molecule has 0 radical (unpaired) electrons. The standard InChI is InChI=1S/C13H17NO4.C3H6N2O4.C3H7NO2.C2H3ClO/c1-9(2)11(12(15)16)14-13(17)18-8-10-6-4-3-5-7-10;4-5(3(8)9)1-2(6)7;1-2(4)3(5)6;1-2(3)4/h3-7,9,11H,8H2,1-2H3,(H,14,17)(H,15,16);1,4H2,(H,6,7)(H,8,9);2H,4H2,1H3,(H,5,6);1H3/t11-;;2-;/m0.0./s1. The number of hydrogen-bond acceptors (Lipinski definition) is 9. The fourth-order valence-corrected chi connectivity index (χ4v) is 1.62. The number of alkyl carbamates (subject to hydrolysis) is 1. The van der Waals surface area contributed by atoms with E-state index >= 15 is 0 Å². The zero-order valence-electron chi connectivity index (χ0n) is 20.7. The van der Waals surface area contributed by atoms with Gasteiger partial charge in [0.15, 0.2) is 0 Å². The molecule has 9 N–H and O–H groups in total. The van der Waals surface area contributed by atoms with Gasteiger partial charge in [0, 0.05) is 6.92 Å². The van der Waals surface area contributed by atoms with Crippen LogP contribution in [0.15, 0.2) is 30.3 Å². The van der Waals surface area contributed by atoms with Crippen molar-refractivity contribution in [3.8, 4) is 0 Å². The highest BCUT2D eigenvalue weighted by molar-refractivity contribution is 6.62. The smallest absolute Gasteiger partial charge is 0.422 e. The number of halogens is 1. The van der Waals surface area contributed by atoms with Crippen molar-refractivity contribution in [3.05, 3.63) is 35.9 Å². The zero-order valence-corrected chi connectivity index (χ0v) is 21.4. The van der Waals surface area contributed by atoms with Gasteiger partial charge in [-0.1, -0.05) is 44.2 Å². The Labute approximate surface area is 217 Å². The number of nitrogens with one attached hydrogen (secondary N) is 1. The molecule has 0 aliphatic heterocycles. The third-order valence-corrected chi connectivity index (χ3v) is 3.36. The van der Waals surface area contributed by atoms with Crippen molar-refractivity contribution in [2.45, 2.75) is 46.4 Å². The molecular weight excluding hydrogens is 520 g/mol. The average molecular weight is 553 g/mol. The number of ether oxygens (including phenoxy) is 1. The molecule has 0 aromatic heterocycles. The third kappa shape index (κ3) is 26.5. The Bertz CT molecular complexity index is 863. The fourth-order valence-electron chi connectivity index (χ4n) is 1.62. The van der Waals surface area contributed by atoms with E-state index in [1.807, 2.05) is 30.3 Å². The molecule has 210 valence electrons. The van der Waals surface area contributed by atoms with Crippen LogP contribution in [0.25, 0.3) is 0 Å². The van der Waals surface area contributed by atoms with Crippen molar-refractivity contribution >= 4 is 46.9 Å². The van der Waals surface area contributed by atoms with Crippen LogP contribution in [0.4, 0.5) is 9.59 Å². The lowest BCUT2D eigenvalue weighted by Gasteiger charge is -2.17. The number of carboxylic acids is 3. The minimum Gasteiger partial charge on any atom is -0.480 e. The Morgan fingerprint density at radius 2 is 1.41 bits per heavy atom. The molecule has 0 saturated carbocycles. The summed E-state index contributed by atoms with van der Waals surface area (Å²) in [6.07, 6.45) is -2.18. The second-order valence-electron chi connectivity index (χ2n) is 7.17.